The lowest BCUT2D eigenvalue weighted by molar-refractivity contribution is 0.122. The minimum Gasteiger partial charge on any atom is -0.378 e. The Morgan fingerprint density at radius 1 is 1.33 bits per heavy atom. The summed E-state index contributed by atoms with van der Waals surface area (Å²) in [6.45, 7) is 7.51. The molecule has 1 aromatic heterocycles. The summed E-state index contributed by atoms with van der Waals surface area (Å²) in [5.74, 6) is 0.728. The van der Waals surface area contributed by atoms with E-state index in [2.05, 4.69) is 31.0 Å². The summed E-state index contributed by atoms with van der Waals surface area (Å²) >= 11 is 1.30. The summed E-state index contributed by atoms with van der Waals surface area (Å²) in [5.41, 5.74) is 2.99. The van der Waals surface area contributed by atoms with Crippen LogP contribution in [0.1, 0.15) is 16.4 Å². The topological polar surface area (TPSA) is 79.4 Å². The number of ether oxygens (including phenoxy) is 1. The maximum absolute atomic E-state index is 12.0. The third-order valence-corrected chi connectivity index (χ3v) is 4.61. The lowest BCUT2D eigenvalue weighted by atomic mass is 10.1. The van der Waals surface area contributed by atoms with Crippen molar-refractivity contribution < 1.29 is 9.53 Å². The highest BCUT2D eigenvalue weighted by Gasteiger charge is 2.13. The molecule has 0 saturated carbocycles. The molecule has 1 aromatic carbocycles. The van der Waals surface area contributed by atoms with E-state index in [4.69, 9.17) is 4.74 Å². The van der Waals surface area contributed by atoms with E-state index in [1.807, 2.05) is 26.0 Å². The highest BCUT2D eigenvalue weighted by atomic mass is 32.1. The number of anilines is 2. The van der Waals surface area contributed by atoms with Gasteiger partial charge in [-0.15, -0.1) is 0 Å². The second-order valence-electron chi connectivity index (χ2n) is 5.64. The number of aryl methyl sites for hydroxylation is 2. The maximum Gasteiger partial charge on any atom is 0.319 e. The van der Waals surface area contributed by atoms with Crippen molar-refractivity contribution in [3.05, 3.63) is 34.6 Å². The van der Waals surface area contributed by atoms with Gasteiger partial charge in [0.05, 0.1) is 19.8 Å². The maximum atomic E-state index is 12.0. The van der Waals surface area contributed by atoms with Crippen molar-refractivity contribution in [3.8, 4) is 0 Å². The van der Waals surface area contributed by atoms with Crippen LogP contribution in [0.2, 0.25) is 0 Å². The minimum atomic E-state index is -0.245. The Morgan fingerprint density at radius 2 is 2.12 bits per heavy atom. The Labute approximate surface area is 145 Å². The fourth-order valence-electron chi connectivity index (χ4n) is 2.54. The van der Waals surface area contributed by atoms with Gasteiger partial charge in [-0.25, -0.2) is 9.78 Å². The molecule has 0 radical (unpaired) electrons. The Balaban J connectivity index is 1.57. The molecule has 0 unspecified atom stereocenters. The van der Waals surface area contributed by atoms with Gasteiger partial charge in [0.2, 0.25) is 0 Å². The van der Waals surface area contributed by atoms with Crippen LogP contribution in [0.5, 0.6) is 0 Å². The fourth-order valence-corrected chi connectivity index (χ4v) is 3.13. The van der Waals surface area contributed by atoms with Crippen LogP contribution in [0.4, 0.5) is 16.2 Å². The molecule has 1 saturated heterocycles. The molecular weight excluding hydrogens is 326 g/mol. The average Bonchev–Trinajstić information content (AvgIpc) is 3.01. The van der Waals surface area contributed by atoms with Crippen molar-refractivity contribution in [2.45, 2.75) is 20.4 Å². The van der Waals surface area contributed by atoms with Crippen molar-refractivity contribution in [3.63, 3.8) is 0 Å². The van der Waals surface area contributed by atoms with Crippen LogP contribution in [-0.2, 0) is 11.3 Å². The van der Waals surface area contributed by atoms with Crippen LogP contribution in [-0.4, -0.2) is 41.7 Å². The Kier molecular flexibility index (Phi) is 5.27. The Hall–Kier alpha value is -2.19. The average molecular weight is 347 g/mol. The zero-order valence-corrected chi connectivity index (χ0v) is 14.7. The van der Waals surface area contributed by atoms with Crippen LogP contribution in [0.3, 0.4) is 0 Å². The first-order valence-corrected chi connectivity index (χ1v) is 8.66. The van der Waals surface area contributed by atoms with E-state index in [0.29, 0.717) is 6.54 Å². The lowest BCUT2D eigenvalue weighted by Crippen LogP contribution is -2.36. The molecule has 2 amide bonds. The van der Waals surface area contributed by atoms with E-state index in [-0.39, 0.29) is 6.03 Å². The number of carbonyl (C=O) groups is 1. The molecule has 0 atom stereocenters. The van der Waals surface area contributed by atoms with Gasteiger partial charge >= 0.3 is 6.03 Å². The number of benzene rings is 1. The Bertz CT molecular complexity index is 712. The number of aromatic nitrogens is 2. The molecule has 2 heterocycles. The van der Waals surface area contributed by atoms with Crippen LogP contribution >= 0.6 is 11.5 Å². The monoisotopic (exact) mass is 347 g/mol. The number of urea groups is 1. The number of hydrogen-bond acceptors (Lipinski definition) is 6. The largest absolute Gasteiger partial charge is 0.378 e. The lowest BCUT2D eigenvalue weighted by Gasteiger charge is -2.29. The van der Waals surface area contributed by atoms with Gasteiger partial charge < -0.3 is 20.3 Å². The molecule has 0 aliphatic carbocycles. The molecule has 1 aliphatic rings. The quantitative estimate of drug-likeness (QED) is 0.887. The van der Waals surface area contributed by atoms with Gasteiger partial charge in [0.15, 0.2) is 0 Å². The molecule has 24 heavy (non-hydrogen) atoms. The highest BCUT2D eigenvalue weighted by Crippen LogP contribution is 2.23. The molecule has 0 spiro atoms. The first-order chi connectivity index (χ1) is 11.6. The van der Waals surface area contributed by atoms with E-state index < -0.39 is 0 Å². The van der Waals surface area contributed by atoms with Crippen LogP contribution in [0.15, 0.2) is 18.2 Å². The zero-order valence-electron chi connectivity index (χ0n) is 13.8. The fraction of sp³-hybridized carbons (Fsp3) is 0.438. The zero-order chi connectivity index (χ0) is 16.9. The standard InChI is InChI=1S/C16H21N5O2S/c1-11-9-13(21-5-7-23-8-6-21)3-4-14(11)19-16(22)17-10-15-18-12(2)20-24-15/h3-4,9H,5-8,10H2,1-2H3,(H2,17,19,22). The minimum absolute atomic E-state index is 0.245. The summed E-state index contributed by atoms with van der Waals surface area (Å²) in [5, 5.41) is 6.47. The number of amides is 2. The second kappa shape index (κ2) is 7.59. The SMILES string of the molecule is Cc1nsc(CNC(=O)Nc2ccc(N3CCOCC3)cc2C)n1. The van der Waals surface area contributed by atoms with E-state index in [0.717, 1.165) is 54.1 Å². The molecule has 8 heteroatoms. The van der Waals surface area contributed by atoms with Crippen LogP contribution in [0.25, 0.3) is 0 Å². The molecule has 2 aromatic rings. The highest BCUT2D eigenvalue weighted by molar-refractivity contribution is 7.05. The molecular formula is C16H21N5O2S. The molecule has 1 fully saturated rings. The first kappa shape index (κ1) is 16.7. The normalized spacial score (nSPS) is 14.5. The molecule has 2 N–H and O–H groups in total. The number of nitrogens with one attached hydrogen (secondary N) is 2. The van der Waals surface area contributed by atoms with Gasteiger partial charge in [-0.2, -0.15) is 4.37 Å². The number of hydrogen-bond donors (Lipinski definition) is 2. The third-order valence-electron chi connectivity index (χ3n) is 3.80. The summed E-state index contributed by atoms with van der Waals surface area (Å²) in [6, 6.07) is 5.82. The summed E-state index contributed by atoms with van der Waals surface area (Å²) in [6.07, 6.45) is 0. The summed E-state index contributed by atoms with van der Waals surface area (Å²) < 4.78 is 9.47. The smallest absolute Gasteiger partial charge is 0.319 e. The van der Waals surface area contributed by atoms with Gasteiger partial charge in [0.25, 0.3) is 0 Å². The van der Waals surface area contributed by atoms with Crippen molar-refractivity contribution >= 4 is 28.9 Å². The number of rotatable bonds is 4. The molecule has 7 nitrogen and oxygen atoms in total. The van der Waals surface area contributed by atoms with Crippen molar-refractivity contribution in [1.82, 2.24) is 14.7 Å². The predicted molar refractivity (Wildman–Crippen MR) is 94.7 cm³/mol. The number of carbonyl (C=O) groups excluding carboxylic acids is 1. The van der Waals surface area contributed by atoms with Gasteiger partial charge in [-0.05, 0) is 49.1 Å². The number of nitrogens with zero attached hydrogens (tertiary/aromatic N) is 3. The number of morpholine rings is 1. The van der Waals surface area contributed by atoms with Gasteiger partial charge in [-0.3, -0.25) is 0 Å². The van der Waals surface area contributed by atoms with Gasteiger partial charge in [0, 0.05) is 24.5 Å². The van der Waals surface area contributed by atoms with Crippen LogP contribution < -0.4 is 15.5 Å². The van der Waals surface area contributed by atoms with Crippen molar-refractivity contribution in [2.75, 3.05) is 36.5 Å². The van der Waals surface area contributed by atoms with E-state index in [9.17, 15) is 4.79 Å². The van der Waals surface area contributed by atoms with Gasteiger partial charge in [0.1, 0.15) is 10.8 Å². The van der Waals surface area contributed by atoms with E-state index in [1.54, 1.807) is 0 Å². The molecule has 128 valence electrons. The van der Waals surface area contributed by atoms with E-state index in [1.165, 1.54) is 11.5 Å². The van der Waals surface area contributed by atoms with Crippen molar-refractivity contribution in [1.29, 1.82) is 0 Å². The molecule has 3 rings (SSSR count). The van der Waals surface area contributed by atoms with Crippen molar-refractivity contribution in [2.24, 2.45) is 0 Å². The summed E-state index contributed by atoms with van der Waals surface area (Å²) in [7, 11) is 0. The predicted octanol–water partition coefficient (Wildman–Crippen LogP) is 2.31. The molecule has 0 bridgehead atoms. The second-order valence-corrected chi connectivity index (χ2v) is 6.48. The third kappa shape index (κ3) is 4.21. The summed E-state index contributed by atoms with van der Waals surface area (Å²) in [4.78, 5) is 18.5. The first-order valence-electron chi connectivity index (χ1n) is 7.89. The molecule has 1 aliphatic heterocycles. The van der Waals surface area contributed by atoms with E-state index >= 15 is 0 Å². The van der Waals surface area contributed by atoms with Crippen LogP contribution in [0, 0.1) is 13.8 Å². The Morgan fingerprint density at radius 3 is 2.79 bits per heavy atom. The van der Waals surface area contributed by atoms with Gasteiger partial charge in [-0.1, -0.05) is 0 Å².